The van der Waals surface area contributed by atoms with Crippen molar-refractivity contribution in [1.29, 1.82) is 0 Å². The number of ether oxygens (including phenoxy) is 1. The lowest BCUT2D eigenvalue weighted by Gasteiger charge is -2.04. The van der Waals surface area contributed by atoms with Crippen molar-refractivity contribution in [2.24, 2.45) is 0 Å². The van der Waals surface area contributed by atoms with E-state index in [2.05, 4.69) is 0 Å². The first-order chi connectivity index (χ1) is 9.16. The third-order valence-electron chi connectivity index (χ3n) is 2.51. The van der Waals surface area contributed by atoms with Gasteiger partial charge in [-0.1, -0.05) is 29.8 Å². The summed E-state index contributed by atoms with van der Waals surface area (Å²) >= 11 is 5.73. The quantitative estimate of drug-likeness (QED) is 0.634. The maximum atomic E-state index is 11.8. The van der Waals surface area contributed by atoms with Crippen molar-refractivity contribution in [3.8, 4) is 0 Å². The summed E-state index contributed by atoms with van der Waals surface area (Å²) in [4.78, 5) is 23.4. The van der Waals surface area contributed by atoms with Gasteiger partial charge in [0.1, 0.15) is 0 Å². The summed E-state index contributed by atoms with van der Waals surface area (Å²) in [5, 5.41) is 0.554. The average Bonchev–Trinajstić information content (AvgIpc) is 2.46. The molecule has 0 fully saturated rings. The van der Waals surface area contributed by atoms with Crippen LogP contribution in [0.1, 0.15) is 20.7 Å². The Kier molecular flexibility index (Phi) is 4.31. The fourth-order valence-electron chi connectivity index (χ4n) is 1.51. The Labute approximate surface area is 115 Å². The molecule has 0 heterocycles. The lowest BCUT2D eigenvalue weighted by atomic mass is 10.1. The van der Waals surface area contributed by atoms with Gasteiger partial charge in [-0.15, -0.1) is 0 Å². The highest BCUT2D eigenvalue weighted by Crippen LogP contribution is 2.10. The molecule has 19 heavy (non-hydrogen) atoms. The number of benzene rings is 2. The minimum Gasteiger partial charge on any atom is -0.454 e. The molecule has 0 N–H and O–H groups in total. The Hall–Kier alpha value is -2.13. The van der Waals surface area contributed by atoms with Gasteiger partial charge in [0.15, 0.2) is 12.4 Å². The first-order valence-electron chi connectivity index (χ1n) is 5.68. The molecule has 0 saturated carbocycles. The van der Waals surface area contributed by atoms with E-state index in [1.54, 1.807) is 54.6 Å². The standard InChI is InChI=1S/C15H11ClO3/c16-13-8-6-11(7-9-13)14(17)10-19-15(18)12-4-2-1-3-5-12/h1-9H,10H2. The maximum absolute atomic E-state index is 11.8. The molecule has 0 aliphatic heterocycles. The molecule has 0 spiro atoms. The third-order valence-corrected chi connectivity index (χ3v) is 2.76. The van der Waals surface area contributed by atoms with E-state index in [9.17, 15) is 9.59 Å². The lowest BCUT2D eigenvalue weighted by Crippen LogP contribution is -2.14. The summed E-state index contributed by atoms with van der Waals surface area (Å²) < 4.78 is 4.95. The van der Waals surface area contributed by atoms with Gasteiger partial charge in [-0.3, -0.25) is 4.79 Å². The van der Waals surface area contributed by atoms with Crippen LogP contribution in [0.15, 0.2) is 54.6 Å². The van der Waals surface area contributed by atoms with Gasteiger partial charge in [0.25, 0.3) is 0 Å². The van der Waals surface area contributed by atoms with E-state index in [1.807, 2.05) is 0 Å². The van der Waals surface area contributed by atoms with Gasteiger partial charge in [0, 0.05) is 10.6 Å². The molecule has 2 rings (SSSR count). The Bertz CT molecular complexity index is 576. The van der Waals surface area contributed by atoms with Gasteiger partial charge in [-0.2, -0.15) is 0 Å². The summed E-state index contributed by atoms with van der Waals surface area (Å²) in [6.07, 6.45) is 0. The number of Topliss-reactive ketones (excluding diaryl/α,β-unsaturated/α-hetero) is 1. The summed E-state index contributed by atoms with van der Waals surface area (Å²) in [6, 6.07) is 15.0. The van der Waals surface area contributed by atoms with Crippen LogP contribution in [-0.4, -0.2) is 18.4 Å². The first-order valence-corrected chi connectivity index (χ1v) is 6.05. The van der Waals surface area contributed by atoms with Crippen LogP contribution in [0.2, 0.25) is 5.02 Å². The molecule has 2 aromatic carbocycles. The van der Waals surface area contributed by atoms with E-state index in [0.29, 0.717) is 16.1 Å². The number of esters is 1. The molecule has 0 unspecified atom stereocenters. The molecule has 0 aliphatic rings. The summed E-state index contributed by atoms with van der Waals surface area (Å²) in [7, 11) is 0. The molecule has 4 heteroatoms. The molecule has 0 radical (unpaired) electrons. The van der Waals surface area contributed by atoms with Gasteiger partial charge < -0.3 is 4.74 Å². The summed E-state index contributed by atoms with van der Waals surface area (Å²) in [5.74, 6) is -0.774. The highest BCUT2D eigenvalue weighted by molar-refractivity contribution is 6.30. The summed E-state index contributed by atoms with van der Waals surface area (Å²) in [5.41, 5.74) is 0.886. The van der Waals surface area contributed by atoms with Crippen molar-refractivity contribution in [1.82, 2.24) is 0 Å². The van der Waals surface area contributed by atoms with Crippen LogP contribution < -0.4 is 0 Å². The lowest BCUT2D eigenvalue weighted by molar-refractivity contribution is 0.0475. The van der Waals surface area contributed by atoms with E-state index >= 15 is 0 Å². The monoisotopic (exact) mass is 274 g/mol. The van der Waals surface area contributed by atoms with Crippen LogP contribution in [-0.2, 0) is 4.74 Å². The Morgan fingerprint density at radius 1 is 0.895 bits per heavy atom. The fourth-order valence-corrected chi connectivity index (χ4v) is 1.63. The zero-order chi connectivity index (χ0) is 13.7. The van der Waals surface area contributed by atoms with Crippen molar-refractivity contribution in [2.75, 3.05) is 6.61 Å². The minimum absolute atomic E-state index is 0.263. The number of ketones is 1. The van der Waals surface area contributed by atoms with Crippen LogP contribution in [0.25, 0.3) is 0 Å². The second kappa shape index (κ2) is 6.16. The van der Waals surface area contributed by atoms with Crippen molar-refractivity contribution >= 4 is 23.4 Å². The predicted molar refractivity (Wildman–Crippen MR) is 72.5 cm³/mol. The highest BCUT2D eigenvalue weighted by atomic mass is 35.5. The Balaban J connectivity index is 1.94. The minimum atomic E-state index is -0.511. The molecule has 0 aliphatic carbocycles. The van der Waals surface area contributed by atoms with Gasteiger partial charge in [-0.25, -0.2) is 4.79 Å². The average molecular weight is 275 g/mol. The number of carbonyl (C=O) groups is 2. The second-order valence-corrected chi connectivity index (χ2v) is 4.31. The maximum Gasteiger partial charge on any atom is 0.338 e. The van der Waals surface area contributed by atoms with Crippen LogP contribution in [0, 0.1) is 0 Å². The SMILES string of the molecule is O=C(COC(=O)c1ccccc1)c1ccc(Cl)cc1. The molecule has 0 amide bonds. The van der Waals surface area contributed by atoms with Crippen LogP contribution >= 0.6 is 11.6 Å². The van der Waals surface area contributed by atoms with Crippen molar-refractivity contribution in [3.63, 3.8) is 0 Å². The van der Waals surface area contributed by atoms with E-state index < -0.39 is 5.97 Å². The van der Waals surface area contributed by atoms with E-state index in [-0.39, 0.29) is 12.4 Å². The van der Waals surface area contributed by atoms with Gasteiger partial charge >= 0.3 is 5.97 Å². The van der Waals surface area contributed by atoms with E-state index in [0.717, 1.165) is 0 Å². The molecule has 0 saturated heterocycles. The molecule has 0 bridgehead atoms. The number of hydrogen-bond donors (Lipinski definition) is 0. The number of halogens is 1. The van der Waals surface area contributed by atoms with Crippen LogP contribution in [0.3, 0.4) is 0 Å². The Morgan fingerprint density at radius 3 is 2.16 bits per heavy atom. The third kappa shape index (κ3) is 3.66. The molecule has 0 atom stereocenters. The molecule has 0 aromatic heterocycles. The van der Waals surface area contributed by atoms with Gasteiger partial charge in [0.05, 0.1) is 5.56 Å². The highest BCUT2D eigenvalue weighted by Gasteiger charge is 2.11. The van der Waals surface area contributed by atoms with Gasteiger partial charge in [-0.05, 0) is 36.4 Å². The smallest absolute Gasteiger partial charge is 0.338 e. The van der Waals surface area contributed by atoms with Crippen LogP contribution in [0.5, 0.6) is 0 Å². The molecular weight excluding hydrogens is 264 g/mol. The first kappa shape index (κ1) is 13.3. The number of rotatable bonds is 4. The number of hydrogen-bond acceptors (Lipinski definition) is 3. The normalized spacial score (nSPS) is 9.95. The zero-order valence-corrected chi connectivity index (χ0v) is 10.8. The molecule has 96 valence electrons. The molecular formula is C15H11ClO3. The Morgan fingerprint density at radius 2 is 1.53 bits per heavy atom. The van der Waals surface area contributed by atoms with E-state index in [1.165, 1.54) is 0 Å². The van der Waals surface area contributed by atoms with Crippen LogP contribution in [0.4, 0.5) is 0 Å². The molecule has 3 nitrogen and oxygen atoms in total. The summed E-state index contributed by atoms with van der Waals surface area (Å²) in [6.45, 7) is -0.282. The zero-order valence-electron chi connectivity index (χ0n) is 10.0. The number of carbonyl (C=O) groups excluding carboxylic acids is 2. The van der Waals surface area contributed by atoms with Crippen molar-refractivity contribution in [2.45, 2.75) is 0 Å². The van der Waals surface area contributed by atoms with Crippen molar-refractivity contribution in [3.05, 3.63) is 70.7 Å². The van der Waals surface area contributed by atoms with E-state index in [4.69, 9.17) is 16.3 Å². The predicted octanol–water partition coefficient (Wildman–Crippen LogP) is 3.38. The largest absolute Gasteiger partial charge is 0.454 e. The topological polar surface area (TPSA) is 43.4 Å². The van der Waals surface area contributed by atoms with Crippen molar-refractivity contribution < 1.29 is 14.3 Å². The van der Waals surface area contributed by atoms with Gasteiger partial charge in [0.2, 0.25) is 0 Å². The second-order valence-electron chi connectivity index (χ2n) is 3.87. The fraction of sp³-hybridized carbons (Fsp3) is 0.0667. The molecule has 2 aromatic rings.